The van der Waals surface area contributed by atoms with E-state index in [0.717, 1.165) is 30.3 Å². The zero-order chi connectivity index (χ0) is 15.5. The van der Waals surface area contributed by atoms with E-state index >= 15 is 0 Å². The summed E-state index contributed by atoms with van der Waals surface area (Å²) in [6.07, 6.45) is 1.87. The van der Waals surface area contributed by atoms with E-state index in [0.29, 0.717) is 5.92 Å². The Bertz CT molecular complexity index is 563. The molecule has 116 valence electrons. The van der Waals surface area contributed by atoms with Crippen molar-refractivity contribution < 1.29 is 0 Å². The minimum absolute atomic E-state index is 0.112. The molecule has 0 saturated carbocycles. The molecule has 0 unspecified atom stereocenters. The molecule has 0 atom stereocenters. The van der Waals surface area contributed by atoms with Crippen molar-refractivity contribution in [3.8, 4) is 0 Å². The van der Waals surface area contributed by atoms with Gasteiger partial charge in [0.15, 0.2) is 0 Å². The Morgan fingerprint density at radius 2 is 2.10 bits per heavy atom. The van der Waals surface area contributed by atoms with Gasteiger partial charge in [-0.05, 0) is 18.5 Å². The predicted molar refractivity (Wildman–Crippen MR) is 88.7 cm³/mol. The molecule has 0 bridgehead atoms. The van der Waals surface area contributed by atoms with Crippen molar-refractivity contribution in [2.75, 3.05) is 6.54 Å². The molecule has 2 heterocycles. The minimum atomic E-state index is 0.112. The van der Waals surface area contributed by atoms with Gasteiger partial charge in [0.05, 0.1) is 17.9 Å². The van der Waals surface area contributed by atoms with E-state index in [1.807, 2.05) is 10.9 Å². The molecule has 21 heavy (non-hydrogen) atoms. The van der Waals surface area contributed by atoms with Gasteiger partial charge in [-0.15, -0.1) is 11.3 Å². The molecule has 0 saturated heterocycles. The monoisotopic (exact) mass is 306 g/mol. The average Bonchev–Trinajstić information content (AvgIpc) is 2.99. The molecule has 1 N–H and O–H groups in total. The van der Waals surface area contributed by atoms with Gasteiger partial charge in [0.2, 0.25) is 0 Å². The van der Waals surface area contributed by atoms with Crippen LogP contribution >= 0.6 is 11.3 Å². The number of thiazole rings is 1. The van der Waals surface area contributed by atoms with Crippen molar-refractivity contribution >= 4 is 11.3 Å². The van der Waals surface area contributed by atoms with Crippen molar-refractivity contribution in [3.05, 3.63) is 34.0 Å². The van der Waals surface area contributed by atoms with Crippen LogP contribution < -0.4 is 5.32 Å². The molecular formula is C16H26N4S. The third kappa shape index (κ3) is 4.64. The van der Waals surface area contributed by atoms with Gasteiger partial charge in [0.25, 0.3) is 0 Å². The molecular weight excluding hydrogens is 280 g/mol. The molecule has 0 radical (unpaired) electrons. The summed E-state index contributed by atoms with van der Waals surface area (Å²) in [7, 11) is 0. The molecule has 2 rings (SSSR count). The lowest BCUT2D eigenvalue weighted by Crippen LogP contribution is -2.21. The highest BCUT2D eigenvalue weighted by Gasteiger charge is 2.17. The summed E-state index contributed by atoms with van der Waals surface area (Å²) in [5.41, 5.74) is 2.48. The lowest BCUT2D eigenvalue weighted by Gasteiger charge is -2.14. The van der Waals surface area contributed by atoms with Crippen LogP contribution in [-0.4, -0.2) is 21.3 Å². The molecule has 0 fully saturated rings. The minimum Gasteiger partial charge on any atom is -0.311 e. The highest BCUT2D eigenvalue weighted by Crippen LogP contribution is 2.24. The van der Waals surface area contributed by atoms with Crippen LogP contribution in [0.5, 0.6) is 0 Å². The SMILES string of the molecule is CC(C)CNCc1ccnn1Cc1nc(C(C)(C)C)cs1. The summed E-state index contributed by atoms with van der Waals surface area (Å²) in [5.74, 6) is 0.662. The third-order valence-corrected chi connectivity index (χ3v) is 4.10. The fourth-order valence-electron chi connectivity index (χ4n) is 2.00. The lowest BCUT2D eigenvalue weighted by molar-refractivity contribution is 0.527. The van der Waals surface area contributed by atoms with E-state index in [1.54, 1.807) is 11.3 Å². The van der Waals surface area contributed by atoms with Crippen molar-refractivity contribution in [1.29, 1.82) is 0 Å². The Kier molecular flexibility index (Phi) is 5.17. The van der Waals surface area contributed by atoms with E-state index in [4.69, 9.17) is 4.98 Å². The molecule has 0 aromatic carbocycles. The van der Waals surface area contributed by atoms with Crippen molar-refractivity contribution in [3.63, 3.8) is 0 Å². The Labute approximate surface area is 131 Å². The molecule has 0 aliphatic carbocycles. The second-order valence-corrected chi connectivity index (χ2v) is 7.82. The average molecular weight is 306 g/mol. The number of hydrogen-bond donors (Lipinski definition) is 1. The largest absolute Gasteiger partial charge is 0.311 e. The molecule has 0 spiro atoms. The smallest absolute Gasteiger partial charge is 0.114 e. The maximum absolute atomic E-state index is 4.74. The van der Waals surface area contributed by atoms with E-state index in [1.165, 1.54) is 5.69 Å². The van der Waals surface area contributed by atoms with Crippen molar-refractivity contribution in [1.82, 2.24) is 20.1 Å². The summed E-state index contributed by atoms with van der Waals surface area (Å²) < 4.78 is 2.04. The van der Waals surface area contributed by atoms with Crippen LogP contribution in [0.3, 0.4) is 0 Å². The number of hydrogen-bond acceptors (Lipinski definition) is 4. The maximum Gasteiger partial charge on any atom is 0.114 e. The van der Waals surface area contributed by atoms with Crippen molar-refractivity contribution in [2.45, 2.75) is 53.1 Å². The van der Waals surface area contributed by atoms with Crippen LogP contribution in [0.15, 0.2) is 17.6 Å². The topological polar surface area (TPSA) is 42.7 Å². The number of aromatic nitrogens is 3. The lowest BCUT2D eigenvalue weighted by atomic mass is 9.93. The first-order valence-corrected chi connectivity index (χ1v) is 8.40. The van der Waals surface area contributed by atoms with Crippen molar-refractivity contribution in [2.24, 2.45) is 5.92 Å². The van der Waals surface area contributed by atoms with Gasteiger partial charge in [-0.2, -0.15) is 5.10 Å². The van der Waals surface area contributed by atoms with Gasteiger partial charge in [-0.1, -0.05) is 34.6 Å². The van der Waals surface area contributed by atoms with Crippen LogP contribution in [0.2, 0.25) is 0 Å². The predicted octanol–water partition coefficient (Wildman–Crippen LogP) is 3.43. The molecule has 5 heteroatoms. The zero-order valence-corrected chi connectivity index (χ0v) is 14.5. The molecule has 2 aromatic heterocycles. The molecule has 0 amide bonds. The number of rotatable bonds is 6. The first kappa shape index (κ1) is 16.2. The number of nitrogens with zero attached hydrogens (tertiary/aromatic N) is 3. The van der Waals surface area contributed by atoms with E-state index in [-0.39, 0.29) is 5.41 Å². The first-order valence-electron chi connectivity index (χ1n) is 7.52. The second-order valence-electron chi connectivity index (χ2n) is 6.88. The zero-order valence-electron chi connectivity index (χ0n) is 13.7. The van der Waals surface area contributed by atoms with Crippen LogP contribution in [0.1, 0.15) is 51.0 Å². The molecule has 4 nitrogen and oxygen atoms in total. The molecule has 2 aromatic rings. The van der Waals surface area contributed by atoms with Crippen LogP contribution in [-0.2, 0) is 18.5 Å². The third-order valence-electron chi connectivity index (χ3n) is 3.27. The normalized spacial score (nSPS) is 12.3. The van der Waals surface area contributed by atoms with Gasteiger partial charge >= 0.3 is 0 Å². The van der Waals surface area contributed by atoms with Crippen LogP contribution in [0, 0.1) is 5.92 Å². The Morgan fingerprint density at radius 3 is 2.71 bits per heavy atom. The van der Waals surface area contributed by atoms with E-state index in [2.05, 4.69) is 56.5 Å². The summed E-state index contributed by atoms with van der Waals surface area (Å²) >= 11 is 1.72. The van der Waals surface area contributed by atoms with Gasteiger partial charge in [0, 0.05) is 23.5 Å². The van der Waals surface area contributed by atoms with Crippen LogP contribution in [0.4, 0.5) is 0 Å². The highest BCUT2D eigenvalue weighted by molar-refractivity contribution is 7.09. The summed E-state index contributed by atoms with van der Waals surface area (Å²) in [6.45, 7) is 13.7. The van der Waals surface area contributed by atoms with E-state index < -0.39 is 0 Å². The fourth-order valence-corrected chi connectivity index (χ4v) is 3.00. The Hall–Kier alpha value is -1.20. The van der Waals surface area contributed by atoms with E-state index in [9.17, 15) is 0 Å². The number of nitrogens with one attached hydrogen (secondary N) is 1. The second kappa shape index (κ2) is 6.71. The van der Waals surface area contributed by atoms with Crippen LogP contribution in [0.25, 0.3) is 0 Å². The maximum atomic E-state index is 4.74. The molecule has 0 aliphatic rings. The van der Waals surface area contributed by atoms with Gasteiger partial charge in [0.1, 0.15) is 5.01 Å². The Balaban J connectivity index is 2.00. The van der Waals surface area contributed by atoms with Gasteiger partial charge < -0.3 is 5.32 Å². The Morgan fingerprint density at radius 1 is 1.33 bits per heavy atom. The summed E-state index contributed by atoms with van der Waals surface area (Å²) in [6, 6.07) is 2.08. The molecule has 0 aliphatic heterocycles. The first-order chi connectivity index (χ1) is 9.86. The quantitative estimate of drug-likeness (QED) is 0.889. The standard InChI is InChI=1S/C16H26N4S/c1-12(2)8-17-9-13-6-7-18-20(13)10-15-19-14(11-21-15)16(3,4)5/h6-7,11-12,17H,8-10H2,1-5H3. The highest BCUT2D eigenvalue weighted by atomic mass is 32.1. The summed E-state index contributed by atoms with van der Waals surface area (Å²) in [5, 5.41) is 11.2. The van der Waals surface area contributed by atoms with Gasteiger partial charge in [-0.3, -0.25) is 4.68 Å². The fraction of sp³-hybridized carbons (Fsp3) is 0.625. The van der Waals surface area contributed by atoms with Gasteiger partial charge in [-0.25, -0.2) is 4.98 Å². The summed E-state index contributed by atoms with van der Waals surface area (Å²) in [4.78, 5) is 4.74.